The van der Waals surface area contributed by atoms with Crippen LogP contribution in [0.15, 0.2) is 4.99 Å². The smallest absolute Gasteiger partial charge is 0.157 e. The van der Waals surface area contributed by atoms with Crippen LogP contribution in [-0.2, 0) is 0 Å². The monoisotopic (exact) mass is 198 g/mol. The summed E-state index contributed by atoms with van der Waals surface area (Å²) in [5, 5.41) is 5.41. The van der Waals surface area contributed by atoms with Crippen molar-refractivity contribution in [2.75, 3.05) is 6.54 Å². The van der Waals surface area contributed by atoms with Crippen LogP contribution in [-0.4, -0.2) is 23.0 Å². The molecule has 3 heteroatoms. The molecule has 1 heterocycles. The van der Waals surface area contributed by atoms with Gasteiger partial charge in [0.25, 0.3) is 0 Å². The lowest BCUT2D eigenvalue weighted by molar-refractivity contribution is 0.665. The predicted molar refractivity (Wildman–Crippen MR) is 59.3 cm³/mol. The molecule has 0 aromatic carbocycles. The van der Waals surface area contributed by atoms with E-state index in [1.807, 2.05) is 11.8 Å². The summed E-state index contributed by atoms with van der Waals surface area (Å²) in [6, 6.07) is 0.747. The summed E-state index contributed by atoms with van der Waals surface area (Å²) < 4.78 is 0. The highest BCUT2D eigenvalue weighted by molar-refractivity contribution is 8.14. The molecule has 1 N–H and O–H groups in total. The minimum Gasteiger partial charge on any atom is -0.362 e. The normalized spacial score (nSPS) is 37.4. The van der Waals surface area contributed by atoms with Crippen LogP contribution < -0.4 is 5.32 Å². The highest BCUT2D eigenvalue weighted by atomic mass is 32.2. The molecule has 0 spiro atoms. The molecular weight excluding hydrogens is 180 g/mol. The van der Waals surface area contributed by atoms with Crippen molar-refractivity contribution < 1.29 is 0 Å². The molecule has 13 heavy (non-hydrogen) atoms. The van der Waals surface area contributed by atoms with E-state index < -0.39 is 0 Å². The van der Waals surface area contributed by atoms with Crippen molar-refractivity contribution >= 4 is 16.9 Å². The minimum atomic E-state index is 0.686. The van der Waals surface area contributed by atoms with E-state index in [1.165, 1.54) is 24.4 Å². The van der Waals surface area contributed by atoms with Gasteiger partial charge in [-0.2, -0.15) is 0 Å². The lowest BCUT2D eigenvalue weighted by atomic mass is 10.2. The maximum absolute atomic E-state index is 4.46. The minimum absolute atomic E-state index is 0.686. The summed E-state index contributed by atoms with van der Waals surface area (Å²) in [5.74, 6) is 0.934. The molecule has 3 atom stereocenters. The first-order valence-electron chi connectivity index (χ1n) is 5.27. The van der Waals surface area contributed by atoms with E-state index in [2.05, 4.69) is 24.2 Å². The zero-order chi connectivity index (χ0) is 9.26. The van der Waals surface area contributed by atoms with Gasteiger partial charge >= 0.3 is 0 Å². The first-order valence-corrected chi connectivity index (χ1v) is 6.15. The molecule has 1 saturated carbocycles. The van der Waals surface area contributed by atoms with E-state index in [9.17, 15) is 0 Å². The van der Waals surface area contributed by atoms with Crippen LogP contribution >= 0.6 is 11.8 Å². The van der Waals surface area contributed by atoms with Gasteiger partial charge in [-0.1, -0.05) is 32.0 Å². The molecule has 1 aliphatic carbocycles. The number of amidine groups is 1. The van der Waals surface area contributed by atoms with E-state index in [1.54, 1.807) is 0 Å². The predicted octanol–water partition coefficient (Wildman–Crippen LogP) is 2.26. The molecule has 2 nitrogen and oxygen atoms in total. The summed E-state index contributed by atoms with van der Waals surface area (Å²) in [6.07, 6.45) is 4.06. The van der Waals surface area contributed by atoms with E-state index in [0.717, 1.165) is 18.5 Å². The number of hydrogen-bond acceptors (Lipinski definition) is 3. The Morgan fingerprint density at radius 3 is 3.08 bits per heavy atom. The fourth-order valence-electron chi connectivity index (χ4n) is 1.83. The number of thioether (sulfide) groups is 1. The second kappa shape index (κ2) is 3.91. The average Bonchev–Trinajstić information content (AvgIpc) is 2.66. The molecule has 1 fully saturated rings. The van der Waals surface area contributed by atoms with Gasteiger partial charge in [0, 0.05) is 11.3 Å². The van der Waals surface area contributed by atoms with Crippen LogP contribution in [0.25, 0.3) is 0 Å². The second-order valence-electron chi connectivity index (χ2n) is 4.11. The van der Waals surface area contributed by atoms with Gasteiger partial charge in [-0.05, 0) is 18.8 Å². The standard InChI is InChI=1S/C10H18N2S/c1-3-4-8-5-9(8)12-10-11-6-7(2)13-10/h7-9H,3-6H2,1-2H3,(H,11,12). The maximum atomic E-state index is 4.46. The van der Waals surface area contributed by atoms with Gasteiger partial charge in [-0.3, -0.25) is 4.99 Å². The van der Waals surface area contributed by atoms with Crippen molar-refractivity contribution in [2.24, 2.45) is 10.9 Å². The third-order valence-corrected chi connectivity index (χ3v) is 3.72. The van der Waals surface area contributed by atoms with Crippen LogP contribution in [0, 0.1) is 5.92 Å². The molecule has 2 rings (SSSR count). The summed E-state index contributed by atoms with van der Waals surface area (Å²) >= 11 is 1.89. The SMILES string of the molecule is CCCC1CC1NC1=NCC(C)S1. The Morgan fingerprint density at radius 2 is 2.46 bits per heavy atom. The first kappa shape index (κ1) is 9.38. The topological polar surface area (TPSA) is 24.4 Å². The average molecular weight is 198 g/mol. The molecule has 2 aliphatic rings. The molecule has 0 aromatic heterocycles. The number of hydrogen-bond donors (Lipinski definition) is 1. The van der Waals surface area contributed by atoms with Gasteiger partial charge in [0.05, 0.1) is 6.54 Å². The van der Waals surface area contributed by atoms with Gasteiger partial charge in [0.15, 0.2) is 5.17 Å². The fourth-order valence-corrected chi connectivity index (χ4v) is 2.73. The molecule has 0 amide bonds. The molecule has 0 bridgehead atoms. The highest BCUT2D eigenvalue weighted by Crippen LogP contribution is 2.35. The first-order chi connectivity index (χ1) is 6.29. The van der Waals surface area contributed by atoms with Gasteiger partial charge in [-0.15, -0.1) is 0 Å². The number of rotatable bonds is 3. The zero-order valence-corrected chi connectivity index (χ0v) is 9.23. The van der Waals surface area contributed by atoms with E-state index >= 15 is 0 Å². The van der Waals surface area contributed by atoms with Crippen LogP contribution in [0.4, 0.5) is 0 Å². The highest BCUT2D eigenvalue weighted by Gasteiger charge is 2.37. The second-order valence-corrected chi connectivity index (χ2v) is 5.54. The Kier molecular flexibility index (Phi) is 2.82. The number of nitrogens with zero attached hydrogens (tertiary/aromatic N) is 1. The van der Waals surface area contributed by atoms with Crippen molar-refractivity contribution in [3.8, 4) is 0 Å². The van der Waals surface area contributed by atoms with Crippen molar-refractivity contribution in [1.29, 1.82) is 0 Å². The lowest BCUT2D eigenvalue weighted by Crippen LogP contribution is -2.23. The van der Waals surface area contributed by atoms with Crippen molar-refractivity contribution in [2.45, 2.75) is 44.4 Å². The Morgan fingerprint density at radius 1 is 1.62 bits per heavy atom. The fraction of sp³-hybridized carbons (Fsp3) is 0.900. The summed E-state index contributed by atoms with van der Waals surface area (Å²) in [4.78, 5) is 4.46. The Hall–Kier alpha value is -0.180. The largest absolute Gasteiger partial charge is 0.362 e. The van der Waals surface area contributed by atoms with Crippen LogP contribution in [0.5, 0.6) is 0 Å². The Bertz CT molecular complexity index is 215. The Labute approximate surface area is 84.6 Å². The summed E-state index contributed by atoms with van der Waals surface area (Å²) in [6.45, 7) is 5.50. The van der Waals surface area contributed by atoms with Crippen molar-refractivity contribution in [1.82, 2.24) is 5.32 Å². The van der Waals surface area contributed by atoms with Crippen LogP contribution in [0.3, 0.4) is 0 Å². The third-order valence-electron chi connectivity index (χ3n) is 2.70. The van der Waals surface area contributed by atoms with Gasteiger partial charge < -0.3 is 5.32 Å². The van der Waals surface area contributed by atoms with E-state index in [-0.39, 0.29) is 0 Å². The van der Waals surface area contributed by atoms with Crippen molar-refractivity contribution in [3.05, 3.63) is 0 Å². The van der Waals surface area contributed by atoms with Crippen LogP contribution in [0.1, 0.15) is 33.1 Å². The van der Waals surface area contributed by atoms with E-state index in [0.29, 0.717) is 5.25 Å². The quantitative estimate of drug-likeness (QED) is 0.752. The van der Waals surface area contributed by atoms with Gasteiger partial charge in [0.1, 0.15) is 0 Å². The zero-order valence-electron chi connectivity index (χ0n) is 8.42. The number of aliphatic imine (C=N–C) groups is 1. The summed E-state index contributed by atoms with van der Waals surface area (Å²) in [7, 11) is 0. The van der Waals surface area contributed by atoms with Crippen molar-refractivity contribution in [3.63, 3.8) is 0 Å². The van der Waals surface area contributed by atoms with E-state index in [4.69, 9.17) is 0 Å². The van der Waals surface area contributed by atoms with Crippen LogP contribution in [0.2, 0.25) is 0 Å². The molecule has 1 aliphatic heterocycles. The molecular formula is C10H18N2S. The third kappa shape index (κ3) is 2.39. The molecule has 74 valence electrons. The molecule has 0 aromatic rings. The lowest BCUT2D eigenvalue weighted by Gasteiger charge is -2.04. The molecule has 3 unspecified atom stereocenters. The molecule has 0 radical (unpaired) electrons. The maximum Gasteiger partial charge on any atom is 0.157 e. The van der Waals surface area contributed by atoms with Gasteiger partial charge in [-0.25, -0.2) is 0 Å². The van der Waals surface area contributed by atoms with Gasteiger partial charge in [0.2, 0.25) is 0 Å². The summed E-state index contributed by atoms with van der Waals surface area (Å²) in [5.41, 5.74) is 0. The number of nitrogens with one attached hydrogen (secondary N) is 1. The Balaban J connectivity index is 1.69. The molecule has 0 saturated heterocycles.